The number of aryl methyl sites for hydroxylation is 2. The van der Waals surface area contributed by atoms with Crippen LogP contribution in [0, 0.1) is 0 Å². The van der Waals surface area contributed by atoms with Gasteiger partial charge in [0.05, 0.1) is 0 Å². The number of pyridine rings is 1. The molecule has 112 valence electrons. The fourth-order valence-corrected chi connectivity index (χ4v) is 2.20. The van der Waals surface area contributed by atoms with Gasteiger partial charge in [-0.2, -0.15) is 4.98 Å². The summed E-state index contributed by atoms with van der Waals surface area (Å²) in [6.07, 6.45) is 4.96. The Balaban J connectivity index is 2.21. The minimum atomic E-state index is -0.416. The Bertz CT molecular complexity index is 994. The van der Waals surface area contributed by atoms with Gasteiger partial charge in [-0.15, -0.1) is 0 Å². The second kappa shape index (κ2) is 5.06. The summed E-state index contributed by atoms with van der Waals surface area (Å²) in [5.74, 6) is 0.352. The normalized spacial score (nSPS) is 11.6. The van der Waals surface area contributed by atoms with Crippen molar-refractivity contribution in [3.63, 3.8) is 0 Å². The summed E-state index contributed by atoms with van der Waals surface area (Å²) in [6.45, 7) is 0. The molecule has 0 aliphatic carbocycles. The minimum absolute atomic E-state index is 0.317. The van der Waals surface area contributed by atoms with E-state index in [0.717, 1.165) is 10.1 Å². The molecule has 8 nitrogen and oxygen atoms in total. The summed E-state index contributed by atoms with van der Waals surface area (Å²) in [7, 11) is 4.71. The molecule has 0 aliphatic heterocycles. The molecule has 0 radical (unpaired) electrons. The van der Waals surface area contributed by atoms with Crippen molar-refractivity contribution in [3.8, 4) is 0 Å². The average molecular weight is 298 g/mol. The van der Waals surface area contributed by atoms with E-state index >= 15 is 0 Å². The van der Waals surface area contributed by atoms with Crippen molar-refractivity contribution >= 4 is 23.3 Å². The van der Waals surface area contributed by atoms with Gasteiger partial charge in [0.25, 0.3) is 5.56 Å². The van der Waals surface area contributed by atoms with E-state index in [-0.39, 0.29) is 0 Å². The fraction of sp³-hybridized carbons (Fsp3) is 0.214. The molecule has 0 spiro atoms. The number of hydrogen-bond donors (Lipinski definition) is 0. The maximum atomic E-state index is 12.2. The molecule has 3 aromatic rings. The SMILES string of the molecule is Cn1c(=O)c2c(nc(/N=C/c3ccncc3)n2C)n(C)c1=O. The molecule has 0 bridgehead atoms. The van der Waals surface area contributed by atoms with Crippen LogP contribution in [-0.4, -0.2) is 29.9 Å². The second-order valence-electron chi connectivity index (χ2n) is 4.89. The van der Waals surface area contributed by atoms with Gasteiger partial charge >= 0.3 is 5.69 Å². The molecule has 0 fully saturated rings. The molecule has 0 atom stereocenters. The Kier molecular flexibility index (Phi) is 3.21. The molecule has 0 unspecified atom stereocenters. The number of aliphatic imine (C=N–C) groups is 1. The average Bonchev–Trinajstić information content (AvgIpc) is 2.87. The lowest BCUT2D eigenvalue weighted by Crippen LogP contribution is -2.37. The molecule has 0 aliphatic rings. The predicted molar refractivity (Wildman–Crippen MR) is 82.7 cm³/mol. The molecule has 22 heavy (non-hydrogen) atoms. The molecular formula is C14H14N6O2. The van der Waals surface area contributed by atoms with Crippen LogP contribution in [0.4, 0.5) is 5.95 Å². The van der Waals surface area contributed by atoms with Gasteiger partial charge in [0, 0.05) is 39.8 Å². The Morgan fingerprint density at radius 3 is 2.41 bits per heavy atom. The summed E-state index contributed by atoms with van der Waals surface area (Å²) < 4.78 is 3.97. The number of rotatable bonds is 2. The van der Waals surface area contributed by atoms with Gasteiger partial charge in [-0.1, -0.05) is 0 Å². The van der Waals surface area contributed by atoms with Gasteiger partial charge in [-0.3, -0.25) is 18.9 Å². The molecule has 0 saturated carbocycles. The summed E-state index contributed by atoms with van der Waals surface area (Å²) in [5, 5.41) is 0. The first-order chi connectivity index (χ1) is 10.5. The Hall–Kier alpha value is -3.03. The zero-order valence-corrected chi connectivity index (χ0v) is 12.4. The van der Waals surface area contributed by atoms with E-state index in [0.29, 0.717) is 17.1 Å². The third-order valence-electron chi connectivity index (χ3n) is 3.49. The first-order valence-electron chi connectivity index (χ1n) is 6.57. The molecular weight excluding hydrogens is 284 g/mol. The summed E-state index contributed by atoms with van der Waals surface area (Å²) >= 11 is 0. The van der Waals surface area contributed by atoms with Crippen molar-refractivity contribution in [2.75, 3.05) is 0 Å². The van der Waals surface area contributed by atoms with Gasteiger partial charge in [0.1, 0.15) is 0 Å². The standard InChI is InChI=1S/C14H14N6O2/c1-18-10-11(19(2)14(22)20(3)12(10)21)17-13(18)16-8-9-4-6-15-7-5-9/h4-8H,1-3H3/b16-8+. The van der Waals surface area contributed by atoms with E-state index in [1.807, 2.05) is 0 Å². The molecule has 3 heterocycles. The first kappa shape index (κ1) is 13.9. The van der Waals surface area contributed by atoms with Crippen LogP contribution < -0.4 is 11.2 Å². The monoisotopic (exact) mass is 298 g/mol. The fourth-order valence-electron chi connectivity index (χ4n) is 2.20. The highest BCUT2D eigenvalue weighted by atomic mass is 16.2. The van der Waals surface area contributed by atoms with Crippen molar-refractivity contribution in [1.29, 1.82) is 0 Å². The number of fused-ring (bicyclic) bond motifs is 1. The maximum Gasteiger partial charge on any atom is 0.332 e. The number of nitrogens with zero attached hydrogens (tertiary/aromatic N) is 6. The molecule has 0 N–H and O–H groups in total. The molecule has 0 aromatic carbocycles. The Labute approximate surface area is 125 Å². The lowest BCUT2D eigenvalue weighted by molar-refractivity contribution is 0.705. The van der Waals surface area contributed by atoms with Crippen LogP contribution in [0.1, 0.15) is 5.56 Å². The Morgan fingerprint density at radius 2 is 1.73 bits per heavy atom. The molecule has 0 amide bonds. The zero-order valence-electron chi connectivity index (χ0n) is 12.4. The molecule has 3 rings (SSSR count). The number of hydrogen-bond acceptors (Lipinski definition) is 5. The topological polar surface area (TPSA) is 87.1 Å². The number of aromatic nitrogens is 5. The van der Waals surface area contributed by atoms with Gasteiger partial charge in [-0.25, -0.2) is 9.79 Å². The van der Waals surface area contributed by atoms with Gasteiger partial charge in [-0.05, 0) is 17.7 Å². The van der Waals surface area contributed by atoms with Gasteiger partial charge in [0.2, 0.25) is 5.95 Å². The third-order valence-corrected chi connectivity index (χ3v) is 3.49. The van der Waals surface area contributed by atoms with Crippen LogP contribution in [0.5, 0.6) is 0 Å². The van der Waals surface area contributed by atoms with E-state index in [1.54, 1.807) is 49.4 Å². The highest BCUT2D eigenvalue weighted by Gasteiger charge is 2.16. The van der Waals surface area contributed by atoms with Crippen LogP contribution in [0.25, 0.3) is 11.2 Å². The smallest absolute Gasteiger partial charge is 0.306 e. The van der Waals surface area contributed by atoms with E-state index in [4.69, 9.17) is 0 Å². The van der Waals surface area contributed by atoms with Crippen molar-refractivity contribution in [3.05, 3.63) is 50.9 Å². The van der Waals surface area contributed by atoms with Gasteiger partial charge < -0.3 is 4.57 Å². The van der Waals surface area contributed by atoms with Crippen molar-refractivity contribution < 1.29 is 0 Å². The lowest BCUT2D eigenvalue weighted by Gasteiger charge is -2.02. The number of imidazole rings is 1. The van der Waals surface area contributed by atoms with Crippen LogP contribution >= 0.6 is 0 Å². The largest absolute Gasteiger partial charge is 0.332 e. The first-order valence-corrected chi connectivity index (χ1v) is 6.57. The van der Waals surface area contributed by atoms with Crippen LogP contribution in [0.15, 0.2) is 39.1 Å². The lowest BCUT2D eigenvalue weighted by atomic mass is 10.3. The molecule has 8 heteroatoms. The highest BCUT2D eigenvalue weighted by Crippen LogP contribution is 2.15. The minimum Gasteiger partial charge on any atom is -0.306 e. The molecule has 0 saturated heterocycles. The van der Waals surface area contributed by atoms with Crippen LogP contribution in [0.2, 0.25) is 0 Å². The predicted octanol–water partition coefficient (Wildman–Crippen LogP) is 0.116. The van der Waals surface area contributed by atoms with E-state index in [9.17, 15) is 9.59 Å². The maximum absolute atomic E-state index is 12.2. The van der Waals surface area contributed by atoms with Crippen LogP contribution in [0.3, 0.4) is 0 Å². The summed E-state index contributed by atoms with van der Waals surface area (Å²) in [4.78, 5) is 36.7. The van der Waals surface area contributed by atoms with Crippen molar-refractivity contribution in [2.45, 2.75) is 0 Å². The van der Waals surface area contributed by atoms with E-state index in [1.165, 1.54) is 11.6 Å². The van der Waals surface area contributed by atoms with Crippen molar-refractivity contribution in [2.24, 2.45) is 26.1 Å². The van der Waals surface area contributed by atoms with Crippen molar-refractivity contribution in [1.82, 2.24) is 23.7 Å². The highest BCUT2D eigenvalue weighted by molar-refractivity contribution is 5.82. The quantitative estimate of drug-likeness (QED) is 0.629. The second-order valence-corrected chi connectivity index (χ2v) is 4.89. The third kappa shape index (κ3) is 2.05. The molecule has 3 aromatic heterocycles. The summed E-state index contributed by atoms with van der Waals surface area (Å²) in [6, 6.07) is 3.61. The van der Waals surface area contributed by atoms with Gasteiger partial charge in [0.15, 0.2) is 11.2 Å². The Morgan fingerprint density at radius 1 is 1.05 bits per heavy atom. The van der Waals surface area contributed by atoms with Crippen LogP contribution in [-0.2, 0) is 21.1 Å². The summed E-state index contributed by atoms with van der Waals surface area (Å²) in [5.41, 5.74) is 0.714. The zero-order chi connectivity index (χ0) is 15.9. The van der Waals surface area contributed by atoms with E-state index in [2.05, 4.69) is 15.0 Å². The van der Waals surface area contributed by atoms with E-state index < -0.39 is 11.2 Å².